The van der Waals surface area contributed by atoms with E-state index in [0.717, 1.165) is 0 Å². The Bertz CT molecular complexity index is 1110. The fourth-order valence-electron chi connectivity index (χ4n) is 3.04. The summed E-state index contributed by atoms with van der Waals surface area (Å²) in [5.74, 6) is -1.17. The highest BCUT2D eigenvalue weighted by atomic mass is 32.2. The third kappa shape index (κ3) is 3.23. The second-order valence-corrected chi connectivity index (χ2v) is 8.02. The van der Waals surface area contributed by atoms with Crippen molar-refractivity contribution in [3.05, 3.63) is 59.2 Å². The van der Waals surface area contributed by atoms with Crippen molar-refractivity contribution in [1.29, 1.82) is 0 Å². The van der Waals surface area contributed by atoms with Gasteiger partial charge in [-0.25, -0.2) is 17.9 Å². The first-order chi connectivity index (χ1) is 13.3. The van der Waals surface area contributed by atoms with Crippen molar-refractivity contribution < 1.29 is 27.5 Å². The number of rotatable bonds is 5. The second kappa shape index (κ2) is 6.73. The zero-order valence-corrected chi connectivity index (χ0v) is 15.3. The van der Waals surface area contributed by atoms with Gasteiger partial charge in [0.15, 0.2) is 0 Å². The molecule has 10 heteroatoms. The first-order valence-corrected chi connectivity index (χ1v) is 9.86. The highest BCUT2D eigenvalue weighted by molar-refractivity contribution is 7.89. The van der Waals surface area contributed by atoms with Gasteiger partial charge in [0, 0.05) is 12.2 Å². The lowest BCUT2D eigenvalue weighted by Crippen LogP contribution is -2.25. The fraction of sp³-hybridized carbons (Fsp3) is 0.167. The standard InChI is InChI=1S/C18H15N3O6S/c22-16-14-5-4-13(9-15(14)17(23)20-16)28(25,26)19-10-11-2-1-3-12(8-11)21-6-7-27-18(21)24/h1-5,8-9,19H,6-7,10H2,(H,20,22,23). The Morgan fingerprint density at radius 1 is 1.04 bits per heavy atom. The van der Waals surface area contributed by atoms with Gasteiger partial charge in [0.25, 0.3) is 11.8 Å². The average molecular weight is 401 g/mol. The molecule has 1 saturated heterocycles. The lowest BCUT2D eigenvalue weighted by Gasteiger charge is -2.14. The SMILES string of the molecule is O=C1NC(=O)c2cc(S(=O)(=O)NCc3cccc(N4CCOC4=O)c3)ccc21. The molecule has 28 heavy (non-hydrogen) atoms. The van der Waals surface area contributed by atoms with Gasteiger partial charge in [0.2, 0.25) is 10.0 Å². The van der Waals surface area contributed by atoms with Crippen LogP contribution in [0.2, 0.25) is 0 Å². The molecule has 2 aromatic rings. The van der Waals surface area contributed by atoms with Gasteiger partial charge in [-0.1, -0.05) is 12.1 Å². The van der Waals surface area contributed by atoms with Gasteiger partial charge in [-0.3, -0.25) is 19.8 Å². The van der Waals surface area contributed by atoms with Crippen LogP contribution in [0, 0.1) is 0 Å². The maximum atomic E-state index is 12.6. The van der Waals surface area contributed by atoms with Crippen molar-refractivity contribution >= 4 is 33.6 Å². The van der Waals surface area contributed by atoms with Crippen LogP contribution >= 0.6 is 0 Å². The van der Waals surface area contributed by atoms with Gasteiger partial charge in [-0.15, -0.1) is 0 Å². The topological polar surface area (TPSA) is 122 Å². The number of imide groups is 1. The van der Waals surface area contributed by atoms with E-state index in [1.54, 1.807) is 24.3 Å². The van der Waals surface area contributed by atoms with Crippen LogP contribution in [0.1, 0.15) is 26.3 Å². The minimum atomic E-state index is -3.91. The molecule has 1 fully saturated rings. The molecule has 0 spiro atoms. The summed E-state index contributed by atoms with van der Waals surface area (Å²) in [6.45, 7) is 0.731. The summed E-state index contributed by atoms with van der Waals surface area (Å²) in [4.78, 5) is 36.3. The molecule has 0 aliphatic carbocycles. The van der Waals surface area contributed by atoms with Crippen LogP contribution < -0.4 is 14.9 Å². The number of nitrogens with zero attached hydrogens (tertiary/aromatic N) is 1. The van der Waals surface area contributed by atoms with E-state index in [1.165, 1.54) is 23.1 Å². The Labute approximate surface area is 160 Å². The monoisotopic (exact) mass is 401 g/mol. The number of hydrogen-bond donors (Lipinski definition) is 2. The van der Waals surface area contributed by atoms with E-state index < -0.39 is 27.9 Å². The Morgan fingerprint density at radius 2 is 1.82 bits per heavy atom. The molecular weight excluding hydrogens is 386 g/mol. The summed E-state index contributed by atoms with van der Waals surface area (Å²) in [5.41, 5.74) is 1.44. The van der Waals surface area contributed by atoms with Crippen molar-refractivity contribution in [2.45, 2.75) is 11.4 Å². The highest BCUT2D eigenvalue weighted by Crippen LogP contribution is 2.22. The molecule has 144 valence electrons. The van der Waals surface area contributed by atoms with Crippen LogP contribution in [0.25, 0.3) is 0 Å². The molecule has 4 rings (SSSR count). The summed E-state index contributed by atoms with van der Waals surface area (Å²) < 4.78 is 32.5. The average Bonchev–Trinajstić information content (AvgIpc) is 3.23. The zero-order chi connectivity index (χ0) is 19.9. The summed E-state index contributed by atoms with van der Waals surface area (Å²) in [6.07, 6.45) is -0.441. The third-order valence-corrected chi connectivity index (χ3v) is 5.87. The Hall–Kier alpha value is -3.24. The lowest BCUT2D eigenvalue weighted by molar-refractivity contribution is 0.0879. The molecule has 0 aromatic heterocycles. The van der Waals surface area contributed by atoms with E-state index in [1.807, 2.05) is 0 Å². The van der Waals surface area contributed by atoms with Gasteiger partial charge < -0.3 is 4.74 Å². The molecule has 2 aromatic carbocycles. The molecule has 2 N–H and O–H groups in total. The number of fused-ring (bicyclic) bond motifs is 1. The normalized spacial score (nSPS) is 16.1. The van der Waals surface area contributed by atoms with Gasteiger partial charge in [0.05, 0.1) is 22.6 Å². The van der Waals surface area contributed by atoms with Crippen molar-refractivity contribution in [2.75, 3.05) is 18.1 Å². The van der Waals surface area contributed by atoms with Gasteiger partial charge in [-0.2, -0.15) is 0 Å². The highest BCUT2D eigenvalue weighted by Gasteiger charge is 2.29. The maximum absolute atomic E-state index is 12.6. The molecule has 3 amide bonds. The predicted molar refractivity (Wildman–Crippen MR) is 97.4 cm³/mol. The summed E-state index contributed by atoms with van der Waals surface area (Å²) >= 11 is 0. The van der Waals surface area contributed by atoms with E-state index in [9.17, 15) is 22.8 Å². The third-order valence-electron chi connectivity index (χ3n) is 4.47. The largest absolute Gasteiger partial charge is 0.447 e. The van der Waals surface area contributed by atoms with Crippen molar-refractivity contribution in [2.24, 2.45) is 0 Å². The van der Waals surface area contributed by atoms with E-state index in [0.29, 0.717) is 24.4 Å². The Kier molecular flexibility index (Phi) is 4.36. The summed E-state index contributed by atoms with van der Waals surface area (Å²) in [5, 5.41) is 2.12. The van der Waals surface area contributed by atoms with Crippen LogP contribution in [0.3, 0.4) is 0 Å². The predicted octanol–water partition coefficient (Wildman–Crippen LogP) is 1.01. The van der Waals surface area contributed by atoms with E-state index in [2.05, 4.69) is 10.0 Å². The number of amides is 3. The maximum Gasteiger partial charge on any atom is 0.414 e. The van der Waals surface area contributed by atoms with Crippen molar-refractivity contribution in [3.8, 4) is 0 Å². The first kappa shape index (κ1) is 18.1. The van der Waals surface area contributed by atoms with Crippen LogP contribution in [-0.4, -0.2) is 39.5 Å². The smallest absolute Gasteiger partial charge is 0.414 e. The quantitative estimate of drug-likeness (QED) is 0.721. The number of sulfonamides is 1. The molecular formula is C18H15N3O6S. The van der Waals surface area contributed by atoms with Crippen molar-refractivity contribution in [3.63, 3.8) is 0 Å². The van der Waals surface area contributed by atoms with Gasteiger partial charge >= 0.3 is 6.09 Å². The fourth-order valence-corrected chi connectivity index (χ4v) is 4.08. The number of cyclic esters (lactones) is 1. The molecule has 0 atom stereocenters. The molecule has 0 unspecified atom stereocenters. The van der Waals surface area contributed by atoms with E-state index in [-0.39, 0.29) is 22.6 Å². The molecule has 2 aliphatic rings. The zero-order valence-electron chi connectivity index (χ0n) is 14.5. The number of anilines is 1. The summed E-state index contributed by atoms with van der Waals surface area (Å²) in [6, 6.07) is 10.6. The molecule has 2 aliphatic heterocycles. The van der Waals surface area contributed by atoms with Gasteiger partial charge in [0.1, 0.15) is 6.61 Å². The molecule has 9 nitrogen and oxygen atoms in total. The molecule has 2 heterocycles. The lowest BCUT2D eigenvalue weighted by atomic mass is 10.1. The number of carbonyl (C=O) groups excluding carboxylic acids is 3. The summed E-state index contributed by atoms with van der Waals surface area (Å²) in [7, 11) is -3.91. The minimum Gasteiger partial charge on any atom is -0.447 e. The minimum absolute atomic E-state index is 0.0126. The van der Waals surface area contributed by atoms with Crippen molar-refractivity contribution in [1.82, 2.24) is 10.0 Å². The Balaban J connectivity index is 1.52. The number of benzene rings is 2. The molecule has 0 saturated carbocycles. The van der Waals surface area contributed by atoms with Crippen LogP contribution in [-0.2, 0) is 21.3 Å². The number of ether oxygens (including phenoxy) is 1. The second-order valence-electron chi connectivity index (χ2n) is 6.25. The van der Waals surface area contributed by atoms with E-state index in [4.69, 9.17) is 4.74 Å². The van der Waals surface area contributed by atoms with Crippen LogP contribution in [0.5, 0.6) is 0 Å². The number of nitrogens with one attached hydrogen (secondary N) is 2. The van der Waals surface area contributed by atoms with Crippen LogP contribution in [0.4, 0.5) is 10.5 Å². The first-order valence-electron chi connectivity index (χ1n) is 8.38. The number of carbonyl (C=O) groups is 3. The van der Waals surface area contributed by atoms with Gasteiger partial charge in [-0.05, 0) is 35.9 Å². The van der Waals surface area contributed by atoms with E-state index >= 15 is 0 Å². The molecule has 0 bridgehead atoms. The Morgan fingerprint density at radius 3 is 2.57 bits per heavy atom. The molecule has 0 radical (unpaired) electrons. The van der Waals surface area contributed by atoms with Crippen LogP contribution in [0.15, 0.2) is 47.4 Å². The number of hydrogen-bond acceptors (Lipinski definition) is 6.